The maximum absolute atomic E-state index is 12.4. The zero-order valence-electron chi connectivity index (χ0n) is 20.5. The first-order valence-corrected chi connectivity index (χ1v) is 11.8. The number of rotatable bonds is 10. The Morgan fingerprint density at radius 2 is 1.94 bits per heavy atom. The highest BCUT2D eigenvalue weighted by molar-refractivity contribution is 6.05. The van der Waals surface area contributed by atoms with Crippen LogP contribution >= 0.6 is 0 Å². The Bertz CT molecular complexity index is 966. The normalized spacial score (nSPS) is 15.6. The molecule has 9 nitrogen and oxygen atoms in total. The number of ether oxygens (including phenoxy) is 3. The van der Waals surface area contributed by atoms with E-state index in [1.165, 1.54) is 19.9 Å². The molecule has 2 amide bonds. The molecule has 3 rings (SSSR count). The minimum Gasteiger partial charge on any atom is -0.496 e. The van der Waals surface area contributed by atoms with Gasteiger partial charge in [0.25, 0.3) is 0 Å². The number of allylic oxidation sites excluding steroid dienone is 2. The average Bonchev–Trinajstić information content (AvgIpc) is 3.48. The van der Waals surface area contributed by atoms with Gasteiger partial charge in [-0.25, -0.2) is 9.59 Å². The van der Waals surface area contributed by atoms with Crippen LogP contribution < -0.4 is 15.4 Å². The SMILES string of the molecule is CNC(=O)Nc1c(CC=C(C)CCC(=O)OCCN2CCCC2)c(OC)c(C)c2c1C(=O)OC2. The lowest BCUT2D eigenvalue weighted by Gasteiger charge is -2.19. The van der Waals surface area contributed by atoms with Gasteiger partial charge in [0.2, 0.25) is 0 Å². The van der Waals surface area contributed by atoms with Crippen molar-refractivity contribution >= 4 is 23.7 Å². The summed E-state index contributed by atoms with van der Waals surface area (Å²) in [5.74, 6) is -0.0674. The van der Waals surface area contributed by atoms with E-state index in [1.807, 2.05) is 19.9 Å². The van der Waals surface area contributed by atoms with Gasteiger partial charge in [-0.1, -0.05) is 11.6 Å². The molecule has 1 aromatic carbocycles. The minimum absolute atomic E-state index is 0.147. The van der Waals surface area contributed by atoms with E-state index < -0.39 is 12.0 Å². The summed E-state index contributed by atoms with van der Waals surface area (Å²) in [5, 5.41) is 5.29. The van der Waals surface area contributed by atoms with Gasteiger partial charge in [0.15, 0.2) is 0 Å². The van der Waals surface area contributed by atoms with Gasteiger partial charge in [-0.05, 0) is 58.2 Å². The third-order valence-electron chi connectivity index (χ3n) is 6.39. The Hall–Kier alpha value is -3.07. The van der Waals surface area contributed by atoms with Gasteiger partial charge in [0.05, 0.1) is 18.4 Å². The molecular formula is C25H35N3O6. The quantitative estimate of drug-likeness (QED) is 0.397. The number of amides is 2. The number of likely N-dealkylation sites (tertiary alicyclic amines) is 1. The largest absolute Gasteiger partial charge is 0.496 e. The number of hydrogen-bond acceptors (Lipinski definition) is 7. The molecule has 1 aromatic rings. The van der Waals surface area contributed by atoms with E-state index in [4.69, 9.17) is 14.2 Å². The van der Waals surface area contributed by atoms with Crippen LogP contribution in [0.2, 0.25) is 0 Å². The third-order valence-corrected chi connectivity index (χ3v) is 6.39. The molecule has 0 bridgehead atoms. The molecule has 0 spiro atoms. The molecule has 9 heteroatoms. The lowest BCUT2D eigenvalue weighted by molar-refractivity contribution is -0.143. The molecule has 34 heavy (non-hydrogen) atoms. The van der Waals surface area contributed by atoms with Crippen LogP contribution in [0, 0.1) is 6.92 Å². The summed E-state index contributed by atoms with van der Waals surface area (Å²) < 4.78 is 16.3. The zero-order chi connectivity index (χ0) is 24.7. The van der Waals surface area contributed by atoms with Crippen LogP contribution in [0.15, 0.2) is 11.6 Å². The molecule has 0 aromatic heterocycles. The number of carbonyl (C=O) groups is 3. The van der Waals surface area contributed by atoms with Crippen LogP contribution in [0.25, 0.3) is 0 Å². The number of nitrogens with zero attached hydrogens (tertiary/aromatic N) is 1. The van der Waals surface area contributed by atoms with Crippen molar-refractivity contribution in [2.24, 2.45) is 0 Å². The summed E-state index contributed by atoms with van der Waals surface area (Å²) in [6.45, 7) is 7.36. The van der Waals surface area contributed by atoms with Crippen molar-refractivity contribution in [3.63, 3.8) is 0 Å². The Morgan fingerprint density at radius 1 is 1.21 bits per heavy atom. The van der Waals surface area contributed by atoms with Crippen molar-refractivity contribution < 1.29 is 28.6 Å². The Balaban J connectivity index is 1.69. The topological polar surface area (TPSA) is 106 Å². The van der Waals surface area contributed by atoms with E-state index in [2.05, 4.69) is 15.5 Å². The standard InChI is InChI=1S/C25H35N3O6/c1-16(8-10-20(29)33-14-13-28-11-5-6-12-28)7-9-18-22(27-25(31)26-3)21-19(15-34-24(21)30)17(2)23(18)32-4/h7H,5-6,8-15H2,1-4H3,(H2,26,27,31). The van der Waals surface area contributed by atoms with Crippen molar-refractivity contribution in [3.05, 3.63) is 33.9 Å². The summed E-state index contributed by atoms with van der Waals surface area (Å²) >= 11 is 0. The number of anilines is 1. The van der Waals surface area contributed by atoms with Crippen LogP contribution in [0.3, 0.4) is 0 Å². The van der Waals surface area contributed by atoms with Crippen LogP contribution in [0.4, 0.5) is 10.5 Å². The predicted molar refractivity (Wildman–Crippen MR) is 128 cm³/mol. The molecule has 0 atom stereocenters. The summed E-state index contributed by atoms with van der Waals surface area (Å²) in [4.78, 5) is 39.0. The third kappa shape index (κ3) is 6.08. The van der Waals surface area contributed by atoms with Crippen molar-refractivity contribution in [1.82, 2.24) is 10.2 Å². The first kappa shape index (κ1) is 25.6. The molecule has 2 aliphatic rings. The highest BCUT2D eigenvalue weighted by Crippen LogP contribution is 2.41. The Morgan fingerprint density at radius 3 is 2.62 bits per heavy atom. The molecule has 0 radical (unpaired) electrons. The summed E-state index contributed by atoms with van der Waals surface area (Å²) in [5.41, 5.74) is 3.98. The highest BCUT2D eigenvalue weighted by atomic mass is 16.5. The second kappa shape index (κ2) is 11.9. The minimum atomic E-state index is -0.467. The maximum atomic E-state index is 12.4. The van der Waals surface area contributed by atoms with Crippen molar-refractivity contribution in [2.75, 3.05) is 45.7 Å². The average molecular weight is 474 g/mol. The van der Waals surface area contributed by atoms with Crippen molar-refractivity contribution in [3.8, 4) is 5.75 Å². The second-order valence-corrected chi connectivity index (χ2v) is 8.67. The Kier molecular flexibility index (Phi) is 8.92. The van der Waals surface area contributed by atoms with Gasteiger partial charge in [-0.15, -0.1) is 0 Å². The number of urea groups is 1. The van der Waals surface area contributed by atoms with Crippen LogP contribution in [-0.4, -0.2) is 63.3 Å². The lowest BCUT2D eigenvalue weighted by atomic mass is 9.93. The smallest absolute Gasteiger partial charge is 0.341 e. The van der Waals surface area contributed by atoms with Gasteiger partial charge < -0.3 is 24.8 Å². The van der Waals surface area contributed by atoms with E-state index in [-0.39, 0.29) is 12.6 Å². The molecule has 0 unspecified atom stereocenters. The van der Waals surface area contributed by atoms with E-state index in [1.54, 1.807) is 7.11 Å². The molecule has 1 fully saturated rings. The molecular weight excluding hydrogens is 438 g/mol. The van der Waals surface area contributed by atoms with Crippen LogP contribution in [0.5, 0.6) is 5.75 Å². The van der Waals surface area contributed by atoms with Crippen molar-refractivity contribution in [1.29, 1.82) is 0 Å². The molecule has 2 aliphatic heterocycles. The molecule has 186 valence electrons. The number of esters is 2. The number of hydrogen-bond donors (Lipinski definition) is 2. The number of nitrogens with one attached hydrogen (secondary N) is 2. The van der Waals surface area contributed by atoms with Crippen LogP contribution in [-0.2, 0) is 27.3 Å². The molecule has 0 saturated carbocycles. The van der Waals surface area contributed by atoms with E-state index in [0.29, 0.717) is 48.4 Å². The summed E-state index contributed by atoms with van der Waals surface area (Å²) in [7, 11) is 3.07. The number of benzene rings is 1. The van der Waals surface area contributed by atoms with Gasteiger partial charge in [0, 0.05) is 31.1 Å². The molecule has 1 saturated heterocycles. The Labute approximate surface area is 200 Å². The van der Waals surface area contributed by atoms with E-state index in [9.17, 15) is 14.4 Å². The lowest BCUT2D eigenvalue weighted by Crippen LogP contribution is -2.26. The first-order chi connectivity index (χ1) is 16.3. The van der Waals surface area contributed by atoms with Crippen LogP contribution in [0.1, 0.15) is 59.7 Å². The predicted octanol–water partition coefficient (Wildman–Crippen LogP) is 3.33. The summed E-state index contributed by atoms with van der Waals surface area (Å²) in [6, 6.07) is -0.438. The fourth-order valence-corrected chi connectivity index (χ4v) is 4.41. The fraction of sp³-hybridized carbons (Fsp3) is 0.560. The highest BCUT2D eigenvalue weighted by Gasteiger charge is 2.32. The number of cyclic esters (lactones) is 1. The molecule has 0 aliphatic carbocycles. The van der Waals surface area contributed by atoms with Gasteiger partial charge >= 0.3 is 18.0 Å². The number of fused-ring (bicyclic) bond motifs is 1. The van der Waals surface area contributed by atoms with Gasteiger partial charge in [-0.2, -0.15) is 0 Å². The first-order valence-electron chi connectivity index (χ1n) is 11.8. The number of carbonyl (C=O) groups excluding carboxylic acids is 3. The monoisotopic (exact) mass is 473 g/mol. The summed E-state index contributed by atoms with van der Waals surface area (Å²) in [6.07, 6.45) is 5.70. The second-order valence-electron chi connectivity index (χ2n) is 8.67. The fourth-order valence-electron chi connectivity index (χ4n) is 4.41. The van der Waals surface area contributed by atoms with Gasteiger partial charge in [0.1, 0.15) is 19.0 Å². The molecule has 2 N–H and O–H groups in total. The number of methoxy groups -OCH3 is 1. The van der Waals surface area contributed by atoms with E-state index >= 15 is 0 Å². The maximum Gasteiger partial charge on any atom is 0.341 e. The van der Waals surface area contributed by atoms with Gasteiger partial charge in [-0.3, -0.25) is 9.69 Å². The molecule has 2 heterocycles. The van der Waals surface area contributed by atoms with E-state index in [0.717, 1.165) is 36.3 Å². The zero-order valence-corrected chi connectivity index (χ0v) is 20.5. The van der Waals surface area contributed by atoms with Crippen molar-refractivity contribution in [2.45, 2.75) is 52.6 Å².